The van der Waals surface area contributed by atoms with Crippen molar-refractivity contribution in [3.05, 3.63) is 328 Å². The summed E-state index contributed by atoms with van der Waals surface area (Å²) in [6, 6.07) is 114. The van der Waals surface area contributed by atoms with Crippen molar-refractivity contribution in [3.63, 3.8) is 0 Å². The molecule has 6 aromatic heterocycles. The first kappa shape index (κ1) is 54.2. The van der Waals surface area contributed by atoms with Crippen LogP contribution < -0.4 is 0 Å². The van der Waals surface area contributed by atoms with Crippen LogP contribution in [0.3, 0.4) is 0 Å². The topological polar surface area (TPSA) is 87.7 Å². The van der Waals surface area contributed by atoms with Gasteiger partial charge in [-0.05, 0) is 112 Å². The Bertz CT molecular complexity index is 5970. The van der Waals surface area contributed by atoms with E-state index in [1.807, 2.05) is 78.9 Å². The predicted octanol–water partition coefficient (Wildman–Crippen LogP) is 22.6. The van der Waals surface area contributed by atoms with Gasteiger partial charge in [0.15, 0.2) is 22.8 Å². The quantitative estimate of drug-likeness (QED) is 0.143. The van der Waals surface area contributed by atoms with Gasteiger partial charge in [-0.1, -0.05) is 249 Å². The number of rotatable bonds is 9. The summed E-state index contributed by atoms with van der Waals surface area (Å²) in [5.41, 5.74) is 23.9. The summed E-state index contributed by atoms with van der Waals surface area (Å²) >= 11 is 0. The van der Waals surface area contributed by atoms with Crippen molar-refractivity contribution in [2.75, 3.05) is 0 Å². The van der Waals surface area contributed by atoms with Gasteiger partial charge in [0.2, 0.25) is 0 Å². The second-order valence-corrected chi connectivity index (χ2v) is 23.7. The highest BCUT2D eigenvalue weighted by Crippen LogP contribution is 2.42. The van der Waals surface area contributed by atoms with Crippen molar-refractivity contribution >= 4 is 87.7 Å². The zero-order valence-corrected chi connectivity index (χ0v) is 50.7. The number of nitrogens with zero attached hydrogens (tertiary/aromatic N) is 6. The maximum Gasteiger partial charge on any atom is 0.180 e. The molecule has 0 bridgehead atoms. The van der Waals surface area contributed by atoms with Crippen LogP contribution in [0.5, 0.6) is 0 Å². The van der Waals surface area contributed by atoms with Crippen LogP contribution in [-0.4, -0.2) is 29.1 Å². The molecule has 0 spiro atoms. The second kappa shape index (κ2) is 22.6. The lowest BCUT2D eigenvalue weighted by Crippen LogP contribution is -1.94. The van der Waals surface area contributed by atoms with Gasteiger partial charge in [0.1, 0.15) is 33.6 Å². The van der Waals surface area contributed by atoms with Crippen LogP contribution in [0.4, 0.5) is 0 Å². The fourth-order valence-electron chi connectivity index (χ4n) is 13.6. The normalized spacial score (nSPS) is 11.6. The van der Waals surface area contributed by atoms with Gasteiger partial charge in [-0.2, -0.15) is 0 Å². The van der Waals surface area contributed by atoms with E-state index in [-0.39, 0.29) is 0 Å². The van der Waals surface area contributed by atoms with Gasteiger partial charge in [-0.25, -0.2) is 19.9 Å². The van der Waals surface area contributed by atoms with Crippen LogP contribution in [0, 0.1) is 0 Å². The van der Waals surface area contributed by atoms with E-state index in [4.69, 9.17) is 28.8 Å². The average molecular weight is 1200 g/mol. The Balaban J connectivity index is 0.000000139. The summed E-state index contributed by atoms with van der Waals surface area (Å²) in [6.07, 6.45) is 0. The number of aromatic nitrogens is 6. The first-order valence-electron chi connectivity index (χ1n) is 31.6. The minimum atomic E-state index is 0.668. The number of hydrogen-bond donors (Lipinski definition) is 0. The van der Waals surface area contributed by atoms with E-state index in [9.17, 15) is 0 Å². The monoisotopic (exact) mass is 1200 g/mol. The standard InChI is InChI=1S/C46H29N3O.C40H25N3O/c1-3-12-30(13-4-1)33-16-11-17-35(28-33)43-45-44(48-46(47-43)32-14-5-2-6-15-32)39-29-34(24-27-42(39)50-45)31-22-25-36(26-23-31)49-40-20-9-7-18-37(40)38-19-8-10-21-41(38)49;1-3-11-27(12-4-1)37-39-38(42-40(41-37)28-13-5-2-6-14-28)33-25-29(21-24-36(33)44-39)26-19-22-30(23-20-26)43-34-17-9-7-15-31(34)32-16-8-10-18-35(32)43/h1-29H;1-25H. The largest absolute Gasteiger partial charge is 0.452 e. The van der Waals surface area contributed by atoms with Crippen LogP contribution in [-0.2, 0) is 0 Å². The number of benzene rings is 13. The van der Waals surface area contributed by atoms with Crippen LogP contribution in [0.25, 0.3) is 178 Å². The van der Waals surface area contributed by atoms with Crippen molar-refractivity contribution in [2.45, 2.75) is 0 Å². The molecule has 0 unspecified atom stereocenters. The van der Waals surface area contributed by atoms with E-state index >= 15 is 0 Å². The van der Waals surface area contributed by atoms with Gasteiger partial charge in [0.05, 0.1) is 22.1 Å². The third kappa shape index (κ3) is 9.39. The summed E-state index contributed by atoms with van der Waals surface area (Å²) in [6.45, 7) is 0. The molecule has 0 saturated heterocycles. The zero-order valence-electron chi connectivity index (χ0n) is 50.7. The lowest BCUT2D eigenvalue weighted by atomic mass is 10.0. The molecule has 94 heavy (non-hydrogen) atoms. The highest BCUT2D eigenvalue weighted by Gasteiger charge is 2.22. The molecule has 13 aromatic carbocycles. The van der Waals surface area contributed by atoms with Gasteiger partial charge in [0, 0.05) is 65.9 Å². The molecule has 0 atom stereocenters. The fraction of sp³-hybridized carbons (Fsp3) is 0. The molecule has 0 amide bonds. The molecule has 440 valence electrons. The summed E-state index contributed by atoms with van der Waals surface area (Å²) < 4.78 is 17.7. The molecule has 8 nitrogen and oxygen atoms in total. The van der Waals surface area contributed by atoms with Gasteiger partial charge < -0.3 is 18.0 Å². The Morgan fingerprint density at radius 3 is 0.936 bits per heavy atom. The SMILES string of the molecule is c1ccc(-c2cccc(-c3nc(-c4ccccc4)nc4c3oc3ccc(-c5ccc(-n6c7ccccc7c7ccccc76)cc5)cc34)c2)cc1.c1ccc(-c2nc(-c3ccccc3)c3oc4ccc(-c5ccc(-n6c7ccccc7c7ccccc76)cc5)cc4c3n2)cc1. The van der Waals surface area contributed by atoms with Crippen molar-refractivity contribution in [1.29, 1.82) is 0 Å². The molecule has 6 heterocycles. The maximum atomic E-state index is 6.59. The molecular weight excluding hydrogens is 1150 g/mol. The molecule has 19 aromatic rings. The van der Waals surface area contributed by atoms with E-state index in [0.29, 0.717) is 22.8 Å². The molecule has 0 saturated carbocycles. The highest BCUT2D eigenvalue weighted by molar-refractivity contribution is 6.12. The molecule has 0 N–H and O–H groups in total. The van der Waals surface area contributed by atoms with E-state index in [2.05, 4.69) is 258 Å². The smallest absolute Gasteiger partial charge is 0.180 e. The maximum absolute atomic E-state index is 6.59. The minimum Gasteiger partial charge on any atom is -0.452 e. The molecule has 0 fully saturated rings. The molecule has 8 heteroatoms. The average Bonchev–Trinajstić information content (AvgIpc) is 1.73. The Morgan fingerprint density at radius 1 is 0.213 bits per heavy atom. The van der Waals surface area contributed by atoms with Crippen molar-refractivity contribution in [3.8, 4) is 90.0 Å². The van der Waals surface area contributed by atoms with Crippen molar-refractivity contribution in [2.24, 2.45) is 0 Å². The summed E-state index contributed by atoms with van der Waals surface area (Å²) in [7, 11) is 0. The van der Waals surface area contributed by atoms with Crippen LogP contribution in [0.15, 0.2) is 336 Å². The van der Waals surface area contributed by atoms with E-state index in [1.165, 1.54) is 43.6 Å². The zero-order chi connectivity index (χ0) is 62.1. The van der Waals surface area contributed by atoms with Crippen LogP contribution >= 0.6 is 0 Å². The number of fused-ring (bicyclic) bond motifs is 12. The third-order valence-electron chi connectivity index (χ3n) is 18.1. The van der Waals surface area contributed by atoms with Crippen molar-refractivity contribution in [1.82, 2.24) is 29.1 Å². The summed E-state index contributed by atoms with van der Waals surface area (Å²) in [4.78, 5) is 20.3. The Kier molecular flexibility index (Phi) is 13.0. The van der Waals surface area contributed by atoms with Gasteiger partial charge in [-0.3, -0.25) is 0 Å². The Morgan fingerprint density at radius 2 is 0.521 bits per heavy atom. The number of furan rings is 2. The first-order chi connectivity index (χ1) is 46.6. The lowest BCUT2D eigenvalue weighted by molar-refractivity contribution is 0.667. The summed E-state index contributed by atoms with van der Waals surface area (Å²) in [5, 5.41) is 6.97. The third-order valence-corrected chi connectivity index (χ3v) is 18.1. The molecule has 0 aliphatic heterocycles. The number of para-hydroxylation sites is 4. The van der Waals surface area contributed by atoms with Crippen LogP contribution in [0.1, 0.15) is 0 Å². The number of hydrogen-bond acceptors (Lipinski definition) is 6. The second-order valence-electron chi connectivity index (χ2n) is 23.7. The van der Waals surface area contributed by atoms with Gasteiger partial charge in [0.25, 0.3) is 0 Å². The molecule has 0 radical (unpaired) electrons. The van der Waals surface area contributed by atoms with E-state index in [1.54, 1.807) is 0 Å². The van der Waals surface area contributed by atoms with Crippen molar-refractivity contribution < 1.29 is 8.83 Å². The predicted molar refractivity (Wildman–Crippen MR) is 385 cm³/mol. The van der Waals surface area contributed by atoms with Gasteiger partial charge in [-0.15, -0.1) is 0 Å². The first-order valence-corrected chi connectivity index (χ1v) is 31.6. The molecule has 0 aliphatic rings. The highest BCUT2D eigenvalue weighted by atomic mass is 16.3. The van der Waals surface area contributed by atoms with Gasteiger partial charge >= 0.3 is 0 Å². The lowest BCUT2D eigenvalue weighted by Gasteiger charge is -2.09. The Hall–Kier alpha value is -12.8. The minimum absolute atomic E-state index is 0.668. The van der Waals surface area contributed by atoms with E-state index < -0.39 is 0 Å². The Labute approximate surface area is 540 Å². The fourth-order valence-corrected chi connectivity index (χ4v) is 13.6. The van der Waals surface area contributed by atoms with E-state index in [0.717, 1.165) is 111 Å². The van der Waals surface area contributed by atoms with Crippen LogP contribution in [0.2, 0.25) is 0 Å². The molecule has 19 rings (SSSR count). The molecular formula is C86H54N6O2. The summed E-state index contributed by atoms with van der Waals surface area (Å²) in [5.74, 6) is 1.35. The molecule has 0 aliphatic carbocycles.